The monoisotopic (exact) mass is 150 g/mol. The van der Waals surface area contributed by atoms with Gasteiger partial charge in [0.25, 0.3) is 0 Å². The zero-order valence-electron chi connectivity index (χ0n) is 7.39. The Morgan fingerprint density at radius 3 is 2.64 bits per heavy atom. The lowest BCUT2D eigenvalue weighted by Gasteiger charge is -2.29. The molecule has 0 aromatic carbocycles. The zero-order chi connectivity index (χ0) is 8.43. The highest BCUT2D eigenvalue weighted by molar-refractivity contribution is 5.19. The van der Waals surface area contributed by atoms with Crippen LogP contribution in [0, 0.1) is 11.3 Å². The molecule has 2 nitrogen and oxygen atoms in total. The third-order valence-corrected chi connectivity index (χ3v) is 2.40. The lowest BCUT2D eigenvalue weighted by Crippen LogP contribution is -2.35. The molecule has 0 aromatic heterocycles. The van der Waals surface area contributed by atoms with Crippen LogP contribution in [-0.2, 0) is 0 Å². The third kappa shape index (κ3) is 1.61. The second-order valence-electron chi connectivity index (χ2n) is 3.32. The Labute approximate surface area is 68.1 Å². The first-order valence-corrected chi connectivity index (χ1v) is 3.90. The van der Waals surface area contributed by atoms with Gasteiger partial charge in [-0.1, -0.05) is 11.1 Å². The van der Waals surface area contributed by atoms with E-state index < -0.39 is 0 Å². The standard InChI is InChI=1S/C9H14N2/c1-7-4-9(5-10)11(3)6-8(7)2/h9H,4,6H2,1-3H3. The van der Waals surface area contributed by atoms with Crippen LogP contribution in [0.5, 0.6) is 0 Å². The van der Waals surface area contributed by atoms with Gasteiger partial charge in [0.1, 0.15) is 6.04 Å². The number of nitrogens with zero attached hydrogens (tertiary/aromatic N) is 2. The summed E-state index contributed by atoms with van der Waals surface area (Å²) in [4.78, 5) is 2.10. The smallest absolute Gasteiger partial charge is 0.102 e. The van der Waals surface area contributed by atoms with E-state index in [-0.39, 0.29) is 6.04 Å². The van der Waals surface area contributed by atoms with Crippen LogP contribution in [0.3, 0.4) is 0 Å². The van der Waals surface area contributed by atoms with E-state index in [1.54, 1.807) is 0 Å². The normalized spacial score (nSPS) is 26.9. The number of nitriles is 1. The van der Waals surface area contributed by atoms with Crippen LogP contribution >= 0.6 is 0 Å². The highest BCUT2D eigenvalue weighted by Gasteiger charge is 2.20. The minimum Gasteiger partial charge on any atom is -0.287 e. The van der Waals surface area contributed by atoms with Crippen LogP contribution in [-0.4, -0.2) is 24.5 Å². The van der Waals surface area contributed by atoms with Crippen molar-refractivity contribution in [2.75, 3.05) is 13.6 Å². The molecule has 0 aliphatic carbocycles. The topological polar surface area (TPSA) is 27.0 Å². The summed E-state index contributed by atoms with van der Waals surface area (Å²) in [6.45, 7) is 5.20. The van der Waals surface area contributed by atoms with Gasteiger partial charge in [-0.3, -0.25) is 4.90 Å². The molecular weight excluding hydrogens is 136 g/mol. The second kappa shape index (κ2) is 3.06. The van der Waals surface area contributed by atoms with Gasteiger partial charge in [0.2, 0.25) is 0 Å². The lowest BCUT2D eigenvalue weighted by atomic mass is 9.98. The van der Waals surface area contributed by atoms with Crippen LogP contribution in [0.2, 0.25) is 0 Å². The van der Waals surface area contributed by atoms with Crippen molar-refractivity contribution in [1.82, 2.24) is 4.90 Å². The Morgan fingerprint density at radius 2 is 2.09 bits per heavy atom. The maximum atomic E-state index is 8.75. The fourth-order valence-corrected chi connectivity index (χ4v) is 1.38. The second-order valence-corrected chi connectivity index (χ2v) is 3.32. The van der Waals surface area contributed by atoms with E-state index in [2.05, 4.69) is 24.8 Å². The molecule has 0 amide bonds. The quantitative estimate of drug-likeness (QED) is 0.490. The van der Waals surface area contributed by atoms with Gasteiger partial charge in [0.15, 0.2) is 0 Å². The number of hydrogen-bond donors (Lipinski definition) is 0. The van der Waals surface area contributed by atoms with Gasteiger partial charge in [-0.05, 0) is 27.3 Å². The Balaban J connectivity index is 2.77. The molecule has 1 rings (SSSR count). The van der Waals surface area contributed by atoms with Crippen molar-refractivity contribution in [3.63, 3.8) is 0 Å². The molecule has 11 heavy (non-hydrogen) atoms. The van der Waals surface area contributed by atoms with Crippen molar-refractivity contribution in [1.29, 1.82) is 5.26 Å². The third-order valence-electron chi connectivity index (χ3n) is 2.40. The molecule has 0 aromatic rings. The van der Waals surface area contributed by atoms with Crippen LogP contribution in [0.1, 0.15) is 20.3 Å². The maximum absolute atomic E-state index is 8.75. The molecule has 1 aliphatic heterocycles. The van der Waals surface area contributed by atoms with E-state index in [0.717, 1.165) is 13.0 Å². The molecule has 0 radical (unpaired) electrons. The van der Waals surface area contributed by atoms with E-state index in [4.69, 9.17) is 5.26 Å². The predicted octanol–water partition coefficient (Wildman–Crippen LogP) is 1.55. The average molecular weight is 150 g/mol. The summed E-state index contributed by atoms with van der Waals surface area (Å²) in [6, 6.07) is 2.39. The summed E-state index contributed by atoms with van der Waals surface area (Å²) in [7, 11) is 2.00. The molecule has 0 fully saturated rings. The van der Waals surface area contributed by atoms with Gasteiger partial charge < -0.3 is 0 Å². The molecule has 0 saturated heterocycles. The lowest BCUT2D eigenvalue weighted by molar-refractivity contribution is 0.291. The summed E-state index contributed by atoms with van der Waals surface area (Å²) in [5.74, 6) is 0. The SMILES string of the molecule is CC1=C(C)CN(C)C(C#N)C1. The fourth-order valence-electron chi connectivity index (χ4n) is 1.38. The van der Waals surface area contributed by atoms with E-state index in [0.29, 0.717) is 0 Å². The average Bonchev–Trinajstić information content (AvgIpc) is 1.97. The Kier molecular flexibility index (Phi) is 2.31. The Bertz CT molecular complexity index is 222. The molecule has 1 heterocycles. The van der Waals surface area contributed by atoms with Gasteiger partial charge in [-0.15, -0.1) is 0 Å². The number of rotatable bonds is 0. The minimum atomic E-state index is 0.0960. The van der Waals surface area contributed by atoms with Crippen LogP contribution in [0.25, 0.3) is 0 Å². The Hall–Kier alpha value is -0.810. The van der Waals surface area contributed by atoms with Gasteiger partial charge in [-0.25, -0.2) is 0 Å². The largest absolute Gasteiger partial charge is 0.287 e. The molecule has 2 heteroatoms. The van der Waals surface area contributed by atoms with Crippen molar-refractivity contribution in [2.45, 2.75) is 26.3 Å². The molecular formula is C9H14N2. The van der Waals surface area contributed by atoms with Gasteiger partial charge in [-0.2, -0.15) is 5.26 Å². The molecule has 60 valence electrons. The first-order valence-electron chi connectivity index (χ1n) is 3.90. The van der Waals surface area contributed by atoms with E-state index >= 15 is 0 Å². The first-order chi connectivity index (χ1) is 5.15. The van der Waals surface area contributed by atoms with E-state index in [1.807, 2.05) is 7.05 Å². The molecule has 1 atom stereocenters. The maximum Gasteiger partial charge on any atom is 0.102 e. The van der Waals surface area contributed by atoms with Crippen molar-refractivity contribution >= 4 is 0 Å². The van der Waals surface area contributed by atoms with Crippen LogP contribution in [0.15, 0.2) is 11.1 Å². The predicted molar refractivity (Wildman–Crippen MR) is 45.0 cm³/mol. The fraction of sp³-hybridized carbons (Fsp3) is 0.667. The number of likely N-dealkylation sites (N-methyl/N-ethyl adjacent to an activating group) is 1. The molecule has 0 spiro atoms. The van der Waals surface area contributed by atoms with Gasteiger partial charge in [0.05, 0.1) is 6.07 Å². The molecule has 1 unspecified atom stereocenters. The highest BCUT2D eigenvalue weighted by Crippen LogP contribution is 2.20. The molecule has 0 bridgehead atoms. The summed E-state index contributed by atoms with van der Waals surface area (Å²) < 4.78 is 0. The molecule has 0 saturated carbocycles. The summed E-state index contributed by atoms with van der Waals surface area (Å²) in [5.41, 5.74) is 2.80. The summed E-state index contributed by atoms with van der Waals surface area (Å²) in [5, 5.41) is 8.75. The number of hydrogen-bond acceptors (Lipinski definition) is 2. The van der Waals surface area contributed by atoms with Gasteiger partial charge >= 0.3 is 0 Å². The van der Waals surface area contributed by atoms with Crippen molar-refractivity contribution in [3.8, 4) is 6.07 Å². The van der Waals surface area contributed by atoms with Crippen LogP contribution in [0.4, 0.5) is 0 Å². The minimum absolute atomic E-state index is 0.0960. The van der Waals surface area contributed by atoms with Crippen molar-refractivity contribution in [3.05, 3.63) is 11.1 Å². The van der Waals surface area contributed by atoms with Crippen molar-refractivity contribution in [2.24, 2.45) is 0 Å². The first kappa shape index (κ1) is 8.29. The van der Waals surface area contributed by atoms with Crippen molar-refractivity contribution < 1.29 is 0 Å². The van der Waals surface area contributed by atoms with Crippen LogP contribution < -0.4 is 0 Å². The highest BCUT2D eigenvalue weighted by atomic mass is 15.1. The zero-order valence-corrected chi connectivity index (χ0v) is 7.39. The molecule has 1 aliphatic rings. The van der Waals surface area contributed by atoms with E-state index in [1.165, 1.54) is 11.1 Å². The summed E-state index contributed by atoms with van der Waals surface area (Å²) >= 11 is 0. The Morgan fingerprint density at radius 1 is 1.45 bits per heavy atom. The summed E-state index contributed by atoms with van der Waals surface area (Å²) in [6.07, 6.45) is 0.916. The van der Waals surface area contributed by atoms with E-state index in [9.17, 15) is 0 Å². The molecule has 0 N–H and O–H groups in total. The van der Waals surface area contributed by atoms with Gasteiger partial charge in [0, 0.05) is 6.54 Å².